The summed E-state index contributed by atoms with van der Waals surface area (Å²) in [6.07, 6.45) is 2.39. The molecule has 24 heavy (non-hydrogen) atoms. The molecule has 1 saturated heterocycles. The van der Waals surface area contributed by atoms with Crippen molar-refractivity contribution in [2.75, 3.05) is 13.1 Å². The number of hydrogen-bond acceptors (Lipinski definition) is 2. The van der Waals surface area contributed by atoms with Gasteiger partial charge in [0.05, 0.1) is 8.95 Å². The third-order valence-corrected chi connectivity index (χ3v) is 5.61. The largest absolute Gasteiger partial charge is 0.487 e. The lowest BCUT2D eigenvalue weighted by molar-refractivity contribution is 0.302. The second-order valence-corrected chi connectivity index (χ2v) is 7.78. The molecule has 126 valence electrons. The molecule has 2 nitrogen and oxygen atoms in total. The number of hydrogen-bond donors (Lipinski definition) is 0. The van der Waals surface area contributed by atoms with E-state index in [-0.39, 0.29) is 5.82 Å². The fraction of sp³-hybridized carbons (Fsp3) is 0.278. The summed E-state index contributed by atoms with van der Waals surface area (Å²) in [7, 11) is 0. The molecule has 2 aromatic carbocycles. The topological polar surface area (TPSA) is 12.5 Å². The van der Waals surface area contributed by atoms with E-state index in [0.29, 0.717) is 12.4 Å². The smallest absolute Gasteiger partial charge is 0.148 e. The van der Waals surface area contributed by atoms with Gasteiger partial charge < -0.3 is 9.64 Å². The van der Waals surface area contributed by atoms with Gasteiger partial charge in [0.2, 0.25) is 0 Å². The first-order valence-electron chi connectivity index (χ1n) is 7.70. The molecule has 1 aliphatic heterocycles. The Morgan fingerprint density at radius 1 is 1.08 bits per heavy atom. The van der Waals surface area contributed by atoms with Crippen molar-refractivity contribution in [3.63, 3.8) is 0 Å². The van der Waals surface area contributed by atoms with Crippen molar-refractivity contribution < 1.29 is 9.13 Å². The molecule has 0 N–H and O–H groups in total. The van der Waals surface area contributed by atoms with Crippen LogP contribution in [0.25, 0.3) is 0 Å². The molecule has 0 aliphatic carbocycles. The van der Waals surface area contributed by atoms with Crippen molar-refractivity contribution in [2.45, 2.75) is 19.4 Å². The van der Waals surface area contributed by atoms with Gasteiger partial charge in [0.25, 0.3) is 0 Å². The Kier molecular flexibility index (Phi) is 5.89. The molecule has 1 fully saturated rings. The number of halogens is 3. The Labute approximate surface area is 163 Å². The summed E-state index contributed by atoms with van der Waals surface area (Å²) in [5, 5.41) is 0. The van der Waals surface area contributed by atoms with Crippen molar-refractivity contribution in [3.8, 4) is 5.75 Å². The van der Waals surface area contributed by atoms with Crippen LogP contribution in [0.2, 0.25) is 0 Å². The summed E-state index contributed by atoms with van der Waals surface area (Å²) >= 11 is 12.7. The molecular formula is C18H16Br2FNOS. The van der Waals surface area contributed by atoms with Crippen LogP contribution in [0.3, 0.4) is 0 Å². The van der Waals surface area contributed by atoms with Gasteiger partial charge in [-0.15, -0.1) is 0 Å². The van der Waals surface area contributed by atoms with Gasteiger partial charge in [-0.3, -0.25) is 0 Å². The van der Waals surface area contributed by atoms with Crippen LogP contribution in [0.1, 0.15) is 24.0 Å². The molecule has 2 aromatic rings. The monoisotopic (exact) mass is 471 g/mol. The summed E-state index contributed by atoms with van der Waals surface area (Å²) in [6, 6.07) is 10.3. The maximum atomic E-state index is 13.0. The molecule has 1 aliphatic rings. The summed E-state index contributed by atoms with van der Waals surface area (Å²) in [6.45, 7) is 2.42. The van der Waals surface area contributed by atoms with E-state index in [2.05, 4.69) is 36.8 Å². The van der Waals surface area contributed by atoms with Crippen molar-refractivity contribution >= 4 is 49.1 Å². The zero-order chi connectivity index (χ0) is 17.1. The van der Waals surface area contributed by atoms with Crippen LogP contribution in [-0.4, -0.2) is 23.0 Å². The van der Waals surface area contributed by atoms with Gasteiger partial charge in [0.15, 0.2) is 0 Å². The average Bonchev–Trinajstić information content (AvgIpc) is 3.09. The average molecular weight is 473 g/mol. The standard InChI is InChI=1S/C18H16Br2FNOS/c19-15-9-13(18(24)22-7-1-2-8-22)10-16(20)17(15)23-11-12-3-5-14(21)6-4-12/h3-6,9-10H,1-2,7-8,11H2. The zero-order valence-electron chi connectivity index (χ0n) is 12.9. The fourth-order valence-corrected chi connectivity index (χ4v) is 4.38. The number of thiocarbonyl (C=S) groups is 1. The Bertz CT molecular complexity index is 722. The normalized spacial score (nSPS) is 14.0. The van der Waals surface area contributed by atoms with Crippen molar-refractivity contribution in [3.05, 3.63) is 62.3 Å². The Balaban J connectivity index is 1.74. The van der Waals surface area contributed by atoms with Crippen LogP contribution < -0.4 is 4.74 Å². The number of likely N-dealkylation sites (tertiary alicyclic amines) is 1. The molecule has 0 bridgehead atoms. The van der Waals surface area contributed by atoms with E-state index in [4.69, 9.17) is 17.0 Å². The number of benzene rings is 2. The maximum absolute atomic E-state index is 13.0. The van der Waals surface area contributed by atoms with Gasteiger partial charge in [0, 0.05) is 18.7 Å². The third kappa shape index (κ3) is 4.16. The van der Waals surface area contributed by atoms with Gasteiger partial charge in [-0.05, 0) is 74.5 Å². The Morgan fingerprint density at radius 3 is 2.25 bits per heavy atom. The molecule has 0 unspecified atom stereocenters. The molecular weight excluding hydrogens is 457 g/mol. The van der Waals surface area contributed by atoms with E-state index < -0.39 is 0 Å². The highest BCUT2D eigenvalue weighted by molar-refractivity contribution is 9.11. The molecule has 0 atom stereocenters. The van der Waals surface area contributed by atoms with Crippen LogP contribution in [0.15, 0.2) is 45.3 Å². The van der Waals surface area contributed by atoms with Crippen molar-refractivity contribution in [1.29, 1.82) is 0 Å². The van der Waals surface area contributed by atoms with Gasteiger partial charge in [0.1, 0.15) is 23.2 Å². The highest BCUT2D eigenvalue weighted by Gasteiger charge is 2.18. The molecule has 0 spiro atoms. The van der Waals surface area contributed by atoms with E-state index in [1.165, 1.54) is 25.0 Å². The predicted octanol–water partition coefficient (Wildman–Crippen LogP) is 5.70. The first kappa shape index (κ1) is 17.8. The number of nitrogens with zero attached hydrogens (tertiary/aromatic N) is 1. The quantitative estimate of drug-likeness (QED) is 0.529. The predicted molar refractivity (Wildman–Crippen MR) is 105 cm³/mol. The molecule has 0 saturated carbocycles. The van der Waals surface area contributed by atoms with Crippen LogP contribution in [0.4, 0.5) is 4.39 Å². The van der Waals surface area contributed by atoms with Gasteiger partial charge in [-0.2, -0.15) is 0 Å². The molecule has 1 heterocycles. The van der Waals surface area contributed by atoms with E-state index in [9.17, 15) is 4.39 Å². The SMILES string of the molecule is Fc1ccc(COc2c(Br)cc(C(=S)N3CCCC3)cc2Br)cc1. The third-order valence-electron chi connectivity index (χ3n) is 3.93. The minimum Gasteiger partial charge on any atom is -0.487 e. The van der Waals surface area contributed by atoms with Crippen LogP contribution in [-0.2, 0) is 6.61 Å². The minimum atomic E-state index is -0.249. The minimum absolute atomic E-state index is 0.249. The van der Waals surface area contributed by atoms with Gasteiger partial charge in [-0.1, -0.05) is 24.4 Å². The lowest BCUT2D eigenvalue weighted by Crippen LogP contribution is -2.26. The second-order valence-electron chi connectivity index (χ2n) is 5.68. The van der Waals surface area contributed by atoms with Crippen molar-refractivity contribution in [2.24, 2.45) is 0 Å². The van der Waals surface area contributed by atoms with E-state index in [1.807, 2.05) is 12.1 Å². The second kappa shape index (κ2) is 7.93. The Morgan fingerprint density at radius 2 is 1.67 bits per heavy atom. The first-order valence-corrected chi connectivity index (χ1v) is 9.69. The number of rotatable bonds is 4. The fourth-order valence-electron chi connectivity index (χ4n) is 2.66. The zero-order valence-corrected chi connectivity index (χ0v) is 16.9. The highest BCUT2D eigenvalue weighted by atomic mass is 79.9. The summed E-state index contributed by atoms with van der Waals surface area (Å²) in [5.41, 5.74) is 1.91. The molecule has 3 rings (SSSR count). The molecule has 0 radical (unpaired) electrons. The molecule has 0 amide bonds. The van der Waals surface area contributed by atoms with Crippen LogP contribution >= 0.6 is 44.1 Å². The Hall–Kier alpha value is -0.980. The van der Waals surface area contributed by atoms with E-state index >= 15 is 0 Å². The molecule has 0 aromatic heterocycles. The van der Waals surface area contributed by atoms with Crippen LogP contribution in [0.5, 0.6) is 5.75 Å². The summed E-state index contributed by atoms with van der Waals surface area (Å²) < 4.78 is 20.5. The first-order chi connectivity index (χ1) is 11.5. The lowest BCUT2D eigenvalue weighted by atomic mass is 10.2. The van der Waals surface area contributed by atoms with E-state index in [0.717, 1.165) is 38.2 Å². The number of ether oxygens (including phenoxy) is 1. The highest BCUT2D eigenvalue weighted by Crippen LogP contribution is 2.36. The summed E-state index contributed by atoms with van der Waals surface area (Å²) in [5.74, 6) is 0.466. The van der Waals surface area contributed by atoms with Crippen molar-refractivity contribution in [1.82, 2.24) is 4.90 Å². The van der Waals surface area contributed by atoms with Gasteiger partial charge >= 0.3 is 0 Å². The molecule has 6 heteroatoms. The maximum Gasteiger partial charge on any atom is 0.148 e. The lowest BCUT2D eigenvalue weighted by Gasteiger charge is -2.20. The van der Waals surface area contributed by atoms with E-state index in [1.54, 1.807) is 12.1 Å². The summed E-state index contributed by atoms with van der Waals surface area (Å²) in [4.78, 5) is 3.11. The van der Waals surface area contributed by atoms with Crippen LogP contribution in [0, 0.1) is 5.82 Å². The van der Waals surface area contributed by atoms with Gasteiger partial charge in [-0.25, -0.2) is 4.39 Å².